The molecule has 0 aliphatic rings. The molecule has 0 amide bonds. The molecule has 0 saturated heterocycles. The zero-order chi connectivity index (χ0) is 12.5. The molecule has 1 aromatic heterocycles. The summed E-state index contributed by atoms with van der Waals surface area (Å²) in [6, 6.07) is 5.83. The predicted molar refractivity (Wildman–Crippen MR) is 73.9 cm³/mol. The van der Waals surface area contributed by atoms with Crippen LogP contribution in [0.3, 0.4) is 0 Å². The van der Waals surface area contributed by atoms with Gasteiger partial charge in [0, 0.05) is 26.2 Å². The van der Waals surface area contributed by atoms with Gasteiger partial charge in [0.1, 0.15) is 4.32 Å². The number of thioether (sulfide) groups is 1. The first-order chi connectivity index (χ1) is 8.26. The van der Waals surface area contributed by atoms with Gasteiger partial charge in [-0.25, -0.2) is 0 Å². The van der Waals surface area contributed by atoms with Crippen LogP contribution in [0.2, 0.25) is 0 Å². The fourth-order valence-corrected chi connectivity index (χ4v) is 2.00. The lowest BCUT2D eigenvalue weighted by molar-refractivity contribution is -0.0963. The maximum Gasteiger partial charge on any atom is 0.173 e. The zero-order valence-corrected chi connectivity index (χ0v) is 11.5. The fraction of sp³-hybridized carbons (Fsp3) is 0.455. The van der Waals surface area contributed by atoms with Gasteiger partial charge in [-0.1, -0.05) is 30.0 Å². The average molecular weight is 272 g/mol. The lowest BCUT2D eigenvalue weighted by Gasteiger charge is -2.14. The second kappa shape index (κ2) is 8.41. The molecule has 1 aromatic rings. The van der Waals surface area contributed by atoms with E-state index in [1.165, 1.54) is 11.8 Å². The minimum atomic E-state index is -0.275. The summed E-state index contributed by atoms with van der Waals surface area (Å²) in [4.78, 5) is 4.22. The van der Waals surface area contributed by atoms with Crippen LogP contribution < -0.4 is 5.32 Å². The Kier molecular flexibility index (Phi) is 7.11. The highest BCUT2D eigenvalue weighted by Gasteiger charge is 2.06. The molecule has 1 N–H and O–H groups in total. The molecule has 1 heterocycles. The number of methoxy groups -OCH3 is 2. The van der Waals surface area contributed by atoms with Crippen LogP contribution in [0.25, 0.3) is 0 Å². The number of nitrogens with one attached hydrogen (secondary N) is 1. The minimum Gasteiger partial charge on any atom is -0.366 e. The van der Waals surface area contributed by atoms with Crippen molar-refractivity contribution in [1.29, 1.82) is 0 Å². The van der Waals surface area contributed by atoms with E-state index in [2.05, 4.69) is 10.3 Å². The van der Waals surface area contributed by atoms with Crippen molar-refractivity contribution < 1.29 is 9.47 Å². The first-order valence-corrected chi connectivity index (χ1v) is 6.51. The molecule has 0 aliphatic carbocycles. The molecule has 0 spiro atoms. The number of thiocarbonyl (C=S) groups is 1. The maximum absolute atomic E-state index is 5.18. The molecule has 0 aliphatic heterocycles. The molecule has 0 bridgehead atoms. The Morgan fingerprint density at radius 2 is 2.24 bits per heavy atom. The molecule has 0 aromatic carbocycles. The van der Waals surface area contributed by atoms with Crippen LogP contribution in [-0.4, -0.2) is 36.4 Å². The van der Waals surface area contributed by atoms with Crippen LogP contribution >= 0.6 is 24.0 Å². The molecule has 0 fully saturated rings. The average Bonchev–Trinajstić information content (AvgIpc) is 2.39. The maximum atomic E-state index is 5.18. The summed E-state index contributed by atoms with van der Waals surface area (Å²) < 4.78 is 10.8. The van der Waals surface area contributed by atoms with Crippen LogP contribution in [0.4, 0.5) is 0 Å². The Balaban J connectivity index is 2.22. The van der Waals surface area contributed by atoms with Crippen LogP contribution in [0.5, 0.6) is 0 Å². The van der Waals surface area contributed by atoms with Gasteiger partial charge in [-0.3, -0.25) is 4.98 Å². The third kappa shape index (κ3) is 5.97. The number of pyridine rings is 1. The zero-order valence-electron chi connectivity index (χ0n) is 9.88. The molecule has 0 saturated carbocycles. The number of rotatable bonds is 6. The van der Waals surface area contributed by atoms with Gasteiger partial charge in [0.2, 0.25) is 0 Å². The molecule has 0 radical (unpaired) electrons. The van der Waals surface area contributed by atoms with Crippen molar-refractivity contribution in [1.82, 2.24) is 10.3 Å². The van der Waals surface area contributed by atoms with Crippen molar-refractivity contribution in [2.45, 2.75) is 12.0 Å². The smallest absolute Gasteiger partial charge is 0.173 e. The number of hydrogen-bond donors (Lipinski definition) is 1. The van der Waals surface area contributed by atoms with Crippen LogP contribution in [0.15, 0.2) is 24.4 Å². The Morgan fingerprint density at radius 3 is 2.82 bits per heavy atom. The second-order valence-electron chi connectivity index (χ2n) is 3.18. The van der Waals surface area contributed by atoms with Crippen LogP contribution in [0, 0.1) is 0 Å². The number of nitrogens with zero attached hydrogens (tertiary/aromatic N) is 1. The van der Waals surface area contributed by atoms with Gasteiger partial charge >= 0.3 is 0 Å². The Bertz CT molecular complexity index is 332. The van der Waals surface area contributed by atoms with E-state index in [0.717, 1.165) is 15.8 Å². The molecule has 6 heteroatoms. The van der Waals surface area contributed by atoms with Gasteiger partial charge < -0.3 is 14.8 Å². The standard InChI is InChI=1S/C11H16N2O2S2/c1-14-10(15-2)7-13-11(16)17-8-9-5-3-4-6-12-9/h3-6,10H,7-8H2,1-2H3,(H,13,16). The molecule has 0 atom stereocenters. The summed E-state index contributed by atoms with van der Waals surface area (Å²) >= 11 is 6.72. The number of hydrogen-bond acceptors (Lipinski definition) is 5. The van der Waals surface area contributed by atoms with Crippen molar-refractivity contribution in [2.75, 3.05) is 20.8 Å². The highest BCUT2D eigenvalue weighted by atomic mass is 32.2. The number of aromatic nitrogens is 1. The molecule has 94 valence electrons. The van der Waals surface area contributed by atoms with Gasteiger partial charge in [-0.15, -0.1) is 0 Å². The quantitative estimate of drug-likeness (QED) is 0.629. The highest BCUT2D eigenvalue weighted by molar-refractivity contribution is 8.22. The summed E-state index contributed by atoms with van der Waals surface area (Å²) in [5.41, 5.74) is 1.01. The Hall–Kier alpha value is -0.690. The van der Waals surface area contributed by atoms with Gasteiger partial charge in [-0.2, -0.15) is 0 Å². The summed E-state index contributed by atoms with van der Waals surface area (Å²) in [6.07, 6.45) is 1.50. The monoisotopic (exact) mass is 272 g/mol. The SMILES string of the molecule is COC(CNC(=S)SCc1ccccn1)OC. The van der Waals surface area contributed by atoms with E-state index in [1.807, 2.05) is 18.2 Å². The third-order valence-corrected chi connectivity index (χ3v) is 3.36. The minimum absolute atomic E-state index is 0.275. The van der Waals surface area contributed by atoms with E-state index < -0.39 is 0 Å². The normalized spacial score (nSPS) is 10.5. The first kappa shape index (κ1) is 14.4. The van der Waals surface area contributed by atoms with E-state index in [-0.39, 0.29) is 6.29 Å². The summed E-state index contributed by atoms with van der Waals surface area (Å²) in [6.45, 7) is 0.543. The van der Waals surface area contributed by atoms with E-state index in [1.54, 1.807) is 20.4 Å². The van der Waals surface area contributed by atoms with E-state index in [9.17, 15) is 0 Å². The predicted octanol–water partition coefficient (Wildman–Crippen LogP) is 1.81. The molecule has 17 heavy (non-hydrogen) atoms. The van der Waals surface area contributed by atoms with Gasteiger partial charge in [0.05, 0.1) is 12.2 Å². The first-order valence-electron chi connectivity index (χ1n) is 5.12. The van der Waals surface area contributed by atoms with E-state index in [0.29, 0.717) is 6.54 Å². The third-order valence-electron chi connectivity index (χ3n) is 2.02. The highest BCUT2D eigenvalue weighted by Crippen LogP contribution is 2.10. The van der Waals surface area contributed by atoms with Crippen molar-refractivity contribution in [3.8, 4) is 0 Å². The molecular formula is C11H16N2O2S2. The van der Waals surface area contributed by atoms with Crippen LogP contribution in [-0.2, 0) is 15.2 Å². The van der Waals surface area contributed by atoms with Gasteiger partial charge in [0.25, 0.3) is 0 Å². The summed E-state index contributed by atoms with van der Waals surface area (Å²) in [7, 11) is 3.19. The molecular weight excluding hydrogens is 256 g/mol. The van der Waals surface area contributed by atoms with Crippen molar-refractivity contribution in [3.05, 3.63) is 30.1 Å². The van der Waals surface area contributed by atoms with Gasteiger partial charge in [-0.05, 0) is 12.1 Å². The molecule has 4 nitrogen and oxygen atoms in total. The van der Waals surface area contributed by atoms with E-state index in [4.69, 9.17) is 21.7 Å². The van der Waals surface area contributed by atoms with Crippen molar-refractivity contribution in [2.24, 2.45) is 0 Å². The van der Waals surface area contributed by atoms with E-state index >= 15 is 0 Å². The Labute approximate surface area is 111 Å². The van der Waals surface area contributed by atoms with Crippen LogP contribution in [0.1, 0.15) is 5.69 Å². The van der Waals surface area contributed by atoms with Crippen molar-refractivity contribution in [3.63, 3.8) is 0 Å². The molecule has 1 rings (SSSR count). The lowest BCUT2D eigenvalue weighted by Crippen LogP contribution is -2.31. The number of ether oxygens (including phenoxy) is 2. The lowest BCUT2D eigenvalue weighted by atomic mass is 10.4. The topological polar surface area (TPSA) is 43.4 Å². The Morgan fingerprint density at radius 1 is 1.47 bits per heavy atom. The second-order valence-corrected chi connectivity index (χ2v) is 4.83. The van der Waals surface area contributed by atoms with Crippen molar-refractivity contribution >= 4 is 28.3 Å². The summed E-state index contributed by atoms with van der Waals surface area (Å²) in [5.74, 6) is 0.761. The largest absolute Gasteiger partial charge is 0.366 e. The molecule has 0 unspecified atom stereocenters. The van der Waals surface area contributed by atoms with Gasteiger partial charge in [0.15, 0.2) is 6.29 Å². The fourth-order valence-electron chi connectivity index (χ4n) is 1.10. The summed E-state index contributed by atoms with van der Waals surface area (Å²) in [5, 5.41) is 3.07.